The van der Waals surface area contributed by atoms with Crippen LogP contribution >= 0.6 is 0 Å². The Morgan fingerprint density at radius 2 is 1.94 bits per heavy atom. The van der Waals surface area contributed by atoms with Crippen LogP contribution in [0.4, 0.5) is 0 Å². The molecule has 0 saturated heterocycles. The molecule has 0 spiro atoms. The molecule has 0 radical (unpaired) electrons. The molecule has 7 heteroatoms. The van der Waals surface area contributed by atoms with E-state index in [2.05, 4.69) is 5.32 Å². The highest BCUT2D eigenvalue weighted by molar-refractivity contribution is 7.89. The molecule has 1 aromatic carbocycles. The number of carbonyl (C=O) groups excluding carboxylic acids is 1. The molecule has 1 rings (SSSR count). The molecule has 1 amide bonds. The van der Waals surface area contributed by atoms with E-state index in [0.29, 0.717) is 13.1 Å². The molecule has 0 atom stereocenters. The number of amides is 1. The van der Waals surface area contributed by atoms with Gasteiger partial charge in [-0.1, -0.05) is 18.2 Å². The third-order valence-electron chi connectivity index (χ3n) is 2.28. The molecule has 0 saturated carbocycles. The minimum absolute atomic E-state index is 0.166. The van der Waals surface area contributed by atoms with E-state index in [0.717, 1.165) is 4.31 Å². The lowest BCUT2D eigenvalue weighted by molar-refractivity contribution is -0.121. The van der Waals surface area contributed by atoms with Gasteiger partial charge in [-0.05, 0) is 12.1 Å². The van der Waals surface area contributed by atoms with Crippen LogP contribution in [0.15, 0.2) is 35.2 Å². The zero-order valence-electron chi connectivity index (χ0n) is 10.2. The van der Waals surface area contributed by atoms with Crippen LogP contribution in [0.3, 0.4) is 0 Å². The largest absolute Gasteiger partial charge is 0.354 e. The summed E-state index contributed by atoms with van der Waals surface area (Å²) in [6.45, 7) is 0.427. The summed E-state index contributed by atoms with van der Waals surface area (Å²) in [5, 5.41) is 2.52. The molecule has 0 bridgehead atoms. The number of nitrogens with one attached hydrogen (secondary N) is 1. The summed E-state index contributed by atoms with van der Waals surface area (Å²) in [6, 6.07) is 7.98. The Morgan fingerprint density at radius 1 is 1.33 bits per heavy atom. The lowest BCUT2D eigenvalue weighted by Gasteiger charge is -2.16. The highest BCUT2D eigenvalue weighted by Gasteiger charge is 2.22. The third-order valence-corrected chi connectivity index (χ3v) is 4.10. The fourth-order valence-corrected chi connectivity index (χ4v) is 2.48. The first-order chi connectivity index (χ1) is 8.48. The van der Waals surface area contributed by atoms with Gasteiger partial charge in [-0.2, -0.15) is 4.31 Å². The maximum absolute atomic E-state index is 12.1. The number of carbonyl (C=O) groups is 1. The molecule has 0 aliphatic heterocycles. The van der Waals surface area contributed by atoms with Gasteiger partial charge in [0.2, 0.25) is 15.9 Å². The molecule has 0 fully saturated rings. The van der Waals surface area contributed by atoms with Crippen LogP contribution in [-0.2, 0) is 14.8 Å². The van der Waals surface area contributed by atoms with E-state index in [4.69, 9.17) is 5.73 Å². The van der Waals surface area contributed by atoms with Crippen molar-refractivity contribution in [2.75, 3.05) is 26.7 Å². The van der Waals surface area contributed by atoms with Crippen LogP contribution in [0, 0.1) is 0 Å². The highest BCUT2D eigenvalue weighted by Crippen LogP contribution is 2.12. The Labute approximate surface area is 107 Å². The van der Waals surface area contributed by atoms with E-state index in [-0.39, 0.29) is 17.3 Å². The molecule has 1 aromatic rings. The number of hydrogen-bond donors (Lipinski definition) is 2. The standard InChI is InChI=1S/C11H17N3O3S/c1-14(9-11(15)13-8-7-12)18(16,17)10-5-3-2-4-6-10/h2-6H,7-9,12H2,1H3,(H,13,15). The number of hydrogen-bond acceptors (Lipinski definition) is 4. The van der Waals surface area contributed by atoms with Crippen molar-refractivity contribution in [1.82, 2.24) is 9.62 Å². The van der Waals surface area contributed by atoms with Gasteiger partial charge in [0, 0.05) is 20.1 Å². The van der Waals surface area contributed by atoms with Gasteiger partial charge in [-0.3, -0.25) is 4.79 Å². The van der Waals surface area contributed by atoms with E-state index in [1.165, 1.54) is 19.2 Å². The monoisotopic (exact) mass is 271 g/mol. The maximum Gasteiger partial charge on any atom is 0.243 e. The normalized spacial score (nSPS) is 11.5. The second-order valence-corrected chi connectivity index (χ2v) is 5.76. The van der Waals surface area contributed by atoms with Crippen LogP contribution < -0.4 is 11.1 Å². The smallest absolute Gasteiger partial charge is 0.243 e. The predicted molar refractivity (Wildman–Crippen MR) is 68.3 cm³/mol. The number of nitrogens with zero attached hydrogens (tertiary/aromatic N) is 1. The van der Waals surface area contributed by atoms with Crippen molar-refractivity contribution in [2.45, 2.75) is 4.90 Å². The third kappa shape index (κ3) is 3.80. The van der Waals surface area contributed by atoms with Gasteiger partial charge in [0.05, 0.1) is 11.4 Å². The Bertz CT molecular complexity index is 488. The molecule has 0 heterocycles. The van der Waals surface area contributed by atoms with Crippen molar-refractivity contribution >= 4 is 15.9 Å². The van der Waals surface area contributed by atoms with Crippen LogP contribution in [0.2, 0.25) is 0 Å². The van der Waals surface area contributed by atoms with E-state index in [1.54, 1.807) is 18.2 Å². The lowest BCUT2D eigenvalue weighted by Crippen LogP contribution is -2.39. The van der Waals surface area contributed by atoms with E-state index >= 15 is 0 Å². The summed E-state index contributed by atoms with van der Waals surface area (Å²) in [6.07, 6.45) is 0. The van der Waals surface area contributed by atoms with Crippen molar-refractivity contribution in [3.8, 4) is 0 Å². The summed E-state index contributed by atoms with van der Waals surface area (Å²) >= 11 is 0. The van der Waals surface area contributed by atoms with Crippen LogP contribution in [0.5, 0.6) is 0 Å². The molecule has 0 aliphatic carbocycles. The number of nitrogens with two attached hydrogens (primary N) is 1. The van der Waals surface area contributed by atoms with Gasteiger partial charge >= 0.3 is 0 Å². The van der Waals surface area contributed by atoms with E-state index < -0.39 is 10.0 Å². The Kier molecular flexibility index (Phi) is 5.26. The summed E-state index contributed by atoms with van der Waals surface area (Å²) in [4.78, 5) is 11.6. The summed E-state index contributed by atoms with van der Waals surface area (Å²) in [5.41, 5.74) is 5.24. The average Bonchev–Trinajstić information content (AvgIpc) is 2.37. The van der Waals surface area contributed by atoms with Gasteiger partial charge in [0.25, 0.3) is 0 Å². The second kappa shape index (κ2) is 6.48. The lowest BCUT2D eigenvalue weighted by atomic mass is 10.4. The maximum atomic E-state index is 12.1. The van der Waals surface area contributed by atoms with E-state index in [1.807, 2.05) is 0 Å². The first kappa shape index (κ1) is 14.6. The molecular formula is C11H17N3O3S. The SMILES string of the molecule is CN(CC(=O)NCCN)S(=O)(=O)c1ccccc1. The summed E-state index contributed by atoms with van der Waals surface area (Å²) in [7, 11) is -2.25. The van der Waals surface area contributed by atoms with Gasteiger partial charge in [0.15, 0.2) is 0 Å². The fourth-order valence-electron chi connectivity index (χ4n) is 1.33. The number of likely N-dealkylation sites (N-methyl/N-ethyl adjacent to an activating group) is 1. The van der Waals surface area contributed by atoms with Crippen molar-refractivity contribution < 1.29 is 13.2 Å². The van der Waals surface area contributed by atoms with Gasteiger partial charge in [0.1, 0.15) is 0 Å². The summed E-state index contributed by atoms with van der Waals surface area (Å²) < 4.78 is 25.1. The molecular weight excluding hydrogens is 254 g/mol. The number of rotatable bonds is 6. The second-order valence-electron chi connectivity index (χ2n) is 3.71. The van der Waals surface area contributed by atoms with Crippen LogP contribution in [0.25, 0.3) is 0 Å². The van der Waals surface area contributed by atoms with E-state index in [9.17, 15) is 13.2 Å². The molecule has 0 aliphatic rings. The van der Waals surface area contributed by atoms with Crippen molar-refractivity contribution in [2.24, 2.45) is 5.73 Å². The quantitative estimate of drug-likeness (QED) is 0.721. The Balaban J connectivity index is 2.72. The first-order valence-electron chi connectivity index (χ1n) is 5.46. The number of sulfonamides is 1. The van der Waals surface area contributed by atoms with Gasteiger partial charge < -0.3 is 11.1 Å². The molecule has 0 aromatic heterocycles. The molecule has 18 heavy (non-hydrogen) atoms. The molecule has 100 valence electrons. The van der Waals surface area contributed by atoms with Gasteiger partial charge in [-0.25, -0.2) is 8.42 Å². The Hall–Kier alpha value is -1.44. The minimum atomic E-state index is -3.62. The van der Waals surface area contributed by atoms with Crippen molar-refractivity contribution in [3.63, 3.8) is 0 Å². The number of benzene rings is 1. The molecule has 0 unspecified atom stereocenters. The van der Waals surface area contributed by atoms with Crippen LogP contribution in [-0.4, -0.2) is 45.3 Å². The van der Waals surface area contributed by atoms with Gasteiger partial charge in [-0.15, -0.1) is 0 Å². The minimum Gasteiger partial charge on any atom is -0.354 e. The zero-order valence-corrected chi connectivity index (χ0v) is 11.0. The first-order valence-corrected chi connectivity index (χ1v) is 6.90. The van der Waals surface area contributed by atoms with Crippen molar-refractivity contribution in [1.29, 1.82) is 0 Å². The predicted octanol–water partition coefficient (Wildman–Crippen LogP) is -0.618. The average molecular weight is 271 g/mol. The fraction of sp³-hybridized carbons (Fsp3) is 0.364. The summed E-state index contributed by atoms with van der Waals surface area (Å²) in [5.74, 6) is -0.373. The highest BCUT2D eigenvalue weighted by atomic mass is 32.2. The van der Waals surface area contributed by atoms with Crippen LogP contribution in [0.1, 0.15) is 0 Å². The zero-order chi connectivity index (χ0) is 13.6. The van der Waals surface area contributed by atoms with Crippen molar-refractivity contribution in [3.05, 3.63) is 30.3 Å². The topological polar surface area (TPSA) is 92.5 Å². The Morgan fingerprint density at radius 3 is 2.50 bits per heavy atom. The molecule has 3 N–H and O–H groups in total. The molecule has 6 nitrogen and oxygen atoms in total.